The van der Waals surface area contributed by atoms with Crippen LogP contribution in [0.4, 0.5) is 18.9 Å². The molecule has 0 aliphatic carbocycles. The lowest BCUT2D eigenvalue weighted by molar-refractivity contribution is -0.116. The van der Waals surface area contributed by atoms with Crippen molar-refractivity contribution in [2.75, 3.05) is 11.1 Å². The van der Waals surface area contributed by atoms with Crippen LogP contribution in [0, 0.1) is 23.4 Å². The molecule has 0 bridgehead atoms. The van der Waals surface area contributed by atoms with Gasteiger partial charge >= 0.3 is 0 Å². The normalized spacial score (nSPS) is 13.5. The zero-order chi connectivity index (χ0) is 19.3. The number of aliphatic hydroxyl groups is 1. The van der Waals surface area contributed by atoms with Crippen molar-refractivity contribution >= 4 is 23.4 Å². The number of thioether (sulfide) groups is 1. The van der Waals surface area contributed by atoms with Crippen molar-refractivity contribution in [3.8, 4) is 0 Å². The van der Waals surface area contributed by atoms with Gasteiger partial charge in [0.1, 0.15) is 0 Å². The van der Waals surface area contributed by atoms with E-state index in [4.69, 9.17) is 0 Å². The number of hydrogen-bond acceptors (Lipinski definition) is 3. The minimum Gasteiger partial charge on any atom is -0.388 e. The fraction of sp³-hybridized carbons (Fsp3) is 0.316. The summed E-state index contributed by atoms with van der Waals surface area (Å²) >= 11 is 1.22. The highest BCUT2D eigenvalue weighted by Crippen LogP contribution is 2.27. The maximum absolute atomic E-state index is 13.7. The lowest BCUT2D eigenvalue weighted by Gasteiger charge is -2.21. The Kier molecular flexibility index (Phi) is 7.11. The summed E-state index contributed by atoms with van der Waals surface area (Å²) in [6.07, 6.45) is -0.754. The smallest absolute Gasteiger partial charge is 0.237 e. The number of carbonyl (C=O) groups is 1. The largest absolute Gasteiger partial charge is 0.388 e. The molecule has 0 heterocycles. The van der Waals surface area contributed by atoms with Crippen LogP contribution in [0.25, 0.3) is 0 Å². The minimum absolute atomic E-state index is 0.115. The summed E-state index contributed by atoms with van der Waals surface area (Å²) in [5.74, 6) is -4.76. The van der Waals surface area contributed by atoms with Gasteiger partial charge in [-0.3, -0.25) is 4.79 Å². The van der Waals surface area contributed by atoms with E-state index in [0.717, 1.165) is 17.7 Å². The number of aliphatic hydroxyl groups excluding tert-OH is 1. The van der Waals surface area contributed by atoms with E-state index in [1.165, 1.54) is 11.8 Å². The number of halogens is 3. The molecule has 2 atom stereocenters. The molecule has 2 rings (SSSR count). The van der Waals surface area contributed by atoms with E-state index >= 15 is 0 Å². The van der Waals surface area contributed by atoms with Gasteiger partial charge in [0.25, 0.3) is 0 Å². The van der Waals surface area contributed by atoms with Crippen molar-refractivity contribution in [1.82, 2.24) is 0 Å². The summed E-state index contributed by atoms with van der Waals surface area (Å²) < 4.78 is 40.0. The standard InChI is InChI=1S/C19H20F3NO2S/c1-11(2)18(26-10-15(24)12-6-4-3-5-7-12)19(25)23-14-9-8-13(20)16(21)17(14)22/h3-9,11,15,18,24H,10H2,1-2H3,(H,23,25). The minimum atomic E-state index is -1.63. The molecule has 0 aliphatic heterocycles. The Balaban J connectivity index is 2.05. The van der Waals surface area contributed by atoms with Crippen molar-refractivity contribution in [3.05, 3.63) is 65.5 Å². The maximum atomic E-state index is 13.7. The number of benzene rings is 2. The van der Waals surface area contributed by atoms with E-state index in [9.17, 15) is 23.1 Å². The maximum Gasteiger partial charge on any atom is 0.237 e. The molecule has 26 heavy (non-hydrogen) atoms. The molecule has 2 unspecified atom stereocenters. The third-order valence-corrected chi connectivity index (χ3v) is 5.40. The summed E-state index contributed by atoms with van der Waals surface area (Å²) in [7, 11) is 0. The van der Waals surface area contributed by atoms with E-state index in [0.29, 0.717) is 0 Å². The van der Waals surface area contributed by atoms with Crippen LogP contribution in [-0.2, 0) is 4.79 Å². The monoisotopic (exact) mass is 383 g/mol. The number of hydrogen-bond donors (Lipinski definition) is 2. The van der Waals surface area contributed by atoms with Crippen LogP contribution in [0.1, 0.15) is 25.5 Å². The SMILES string of the molecule is CC(C)C(SCC(O)c1ccccc1)C(=O)Nc1ccc(F)c(F)c1F. The third-order valence-electron chi connectivity index (χ3n) is 3.77. The molecule has 0 aliphatic rings. The van der Waals surface area contributed by atoms with Gasteiger partial charge in [-0.15, -0.1) is 11.8 Å². The van der Waals surface area contributed by atoms with Crippen LogP contribution in [-0.4, -0.2) is 22.0 Å². The number of rotatable bonds is 7. The fourth-order valence-corrected chi connectivity index (χ4v) is 3.54. The van der Waals surface area contributed by atoms with Gasteiger partial charge in [-0.2, -0.15) is 0 Å². The molecule has 0 radical (unpaired) electrons. The molecule has 0 aromatic heterocycles. The van der Waals surface area contributed by atoms with Crippen molar-refractivity contribution in [1.29, 1.82) is 0 Å². The summed E-state index contributed by atoms with van der Waals surface area (Å²) in [4.78, 5) is 12.5. The first-order valence-corrected chi connectivity index (χ1v) is 9.15. The average Bonchev–Trinajstić information content (AvgIpc) is 2.62. The van der Waals surface area contributed by atoms with Gasteiger partial charge in [-0.05, 0) is 23.6 Å². The molecular weight excluding hydrogens is 363 g/mol. The molecule has 2 aromatic rings. The highest BCUT2D eigenvalue weighted by atomic mass is 32.2. The molecule has 2 aromatic carbocycles. The number of anilines is 1. The molecule has 0 spiro atoms. The molecule has 0 fully saturated rings. The summed E-state index contributed by atoms with van der Waals surface area (Å²) in [5.41, 5.74) is 0.318. The molecular formula is C19H20F3NO2S. The van der Waals surface area contributed by atoms with Crippen LogP contribution in [0.15, 0.2) is 42.5 Å². The van der Waals surface area contributed by atoms with Crippen LogP contribution in [0.5, 0.6) is 0 Å². The lowest BCUT2D eigenvalue weighted by Crippen LogP contribution is -2.31. The second-order valence-corrected chi connectivity index (χ2v) is 7.31. The summed E-state index contributed by atoms with van der Waals surface area (Å²) in [6, 6.07) is 10.8. The predicted molar refractivity (Wildman–Crippen MR) is 97.4 cm³/mol. The van der Waals surface area contributed by atoms with Crippen molar-refractivity contribution in [3.63, 3.8) is 0 Å². The second kappa shape index (κ2) is 9.09. The molecule has 3 nitrogen and oxygen atoms in total. The third kappa shape index (κ3) is 5.02. The van der Waals surface area contributed by atoms with Gasteiger partial charge in [-0.25, -0.2) is 13.2 Å². The van der Waals surface area contributed by atoms with Gasteiger partial charge in [0, 0.05) is 5.75 Å². The van der Waals surface area contributed by atoms with Gasteiger partial charge < -0.3 is 10.4 Å². The average molecular weight is 383 g/mol. The first-order valence-electron chi connectivity index (χ1n) is 8.10. The number of amides is 1. The Labute approximate surface area is 154 Å². The van der Waals surface area contributed by atoms with Gasteiger partial charge in [-0.1, -0.05) is 44.2 Å². The first kappa shape index (κ1) is 20.3. The summed E-state index contributed by atoms with van der Waals surface area (Å²) in [5, 5.41) is 11.9. The van der Waals surface area contributed by atoms with Crippen molar-refractivity contribution in [2.24, 2.45) is 5.92 Å². The predicted octanol–water partition coefficient (Wildman–Crippen LogP) is 4.53. The van der Waals surface area contributed by atoms with Gasteiger partial charge in [0.05, 0.1) is 17.0 Å². The van der Waals surface area contributed by atoms with E-state index in [2.05, 4.69) is 5.32 Å². The topological polar surface area (TPSA) is 49.3 Å². The van der Waals surface area contributed by atoms with E-state index in [-0.39, 0.29) is 11.7 Å². The second-order valence-electron chi connectivity index (χ2n) is 6.14. The molecule has 1 amide bonds. The van der Waals surface area contributed by atoms with Crippen LogP contribution in [0.2, 0.25) is 0 Å². The Hall–Kier alpha value is -1.99. The number of nitrogens with one attached hydrogen (secondary N) is 1. The Morgan fingerprint density at radius 2 is 1.73 bits per heavy atom. The molecule has 0 saturated heterocycles. The zero-order valence-electron chi connectivity index (χ0n) is 14.4. The van der Waals surface area contributed by atoms with E-state index in [1.807, 2.05) is 32.0 Å². The lowest BCUT2D eigenvalue weighted by atomic mass is 10.1. The highest BCUT2D eigenvalue weighted by molar-refractivity contribution is 8.00. The Bertz CT molecular complexity index is 756. The Morgan fingerprint density at radius 1 is 1.08 bits per heavy atom. The first-order chi connectivity index (χ1) is 12.3. The molecule has 2 N–H and O–H groups in total. The van der Waals surface area contributed by atoms with Crippen LogP contribution >= 0.6 is 11.8 Å². The quantitative estimate of drug-likeness (QED) is 0.691. The molecule has 140 valence electrons. The summed E-state index contributed by atoms with van der Waals surface area (Å²) in [6.45, 7) is 3.63. The highest BCUT2D eigenvalue weighted by Gasteiger charge is 2.26. The zero-order valence-corrected chi connectivity index (χ0v) is 15.2. The molecule has 7 heteroatoms. The van der Waals surface area contributed by atoms with Gasteiger partial charge in [0.15, 0.2) is 17.5 Å². The van der Waals surface area contributed by atoms with Crippen LogP contribution in [0.3, 0.4) is 0 Å². The van der Waals surface area contributed by atoms with Crippen LogP contribution < -0.4 is 5.32 Å². The Morgan fingerprint density at radius 3 is 2.35 bits per heavy atom. The van der Waals surface area contributed by atoms with E-state index < -0.39 is 40.4 Å². The van der Waals surface area contributed by atoms with E-state index in [1.54, 1.807) is 12.1 Å². The fourth-order valence-electron chi connectivity index (χ4n) is 2.36. The van der Waals surface area contributed by atoms with Gasteiger partial charge in [0.2, 0.25) is 5.91 Å². The molecule has 0 saturated carbocycles. The number of carbonyl (C=O) groups excluding carboxylic acids is 1. The van der Waals surface area contributed by atoms with Crippen molar-refractivity contribution < 1.29 is 23.1 Å². The van der Waals surface area contributed by atoms with Crippen molar-refractivity contribution in [2.45, 2.75) is 25.2 Å².